The normalized spacial score (nSPS) is 10.2. The highest BCUT2D eigenvalue weighted by molar-refractivity contribution is 5.67. The van der Waals surface area contributed by atoms with Crippen LogP contribution in [0.15, 0.2) is 36.5 Å². The van der Waals surface area contributed by atoms with Crippen LogP contribution >= 0.6 is 0 Å². The Labute approximate surface area is 108 Å². The summed E-state index contributed by atoms with van der Waals surface area (Å²) in [6.07, 6.45) is 1.82. The smallest absolute Gasteiger partial charge is 0.127 e. The van der Waals surface area contributed by atoms with Crippen molar-refractivity contribution in [3.63, 3.8) is 0 Å². The summed E-state index contributed by atoms with van der Waals surface area (Å²) in [5.74, 6) is 0.879. The first-order chi connectivity index (χ1) is 8.61. The third kappa shape index (κ3) is 2.45. The number of aryl methyl sites for hydroxylation is 2. The predicted molar refractivity (Wildman–Crippen MR) is 77.8 cm³/mol. The molecule has 0 saturated heterocycles. The fourth-order valence-corrected chi connectivity index (χ4v) is 2.09. The lowest BCUT2D eigenvalue weighted by molar-refractivity contribution is 1.16. The highest BCUT2D eigenvalue weighted by Crippen LogP contribution is 2.28. The first-order valence-electron chi connectivity index (χ1n) is 6.06. The lowest BCUT2D eigenvalue weighted by Gasteiger charge is -2.22. The Balaban J connectivity index is 2.37. The molecule has 0 saturated carbocycles. The van der Waals surface area contributed by atoms with E-state index < -0.39 is 0 Å². The molecule has 18 heavy (non-hydrogen) atoms. The van der Waals surface area contributed by atoms with E-state index in [1.807, 2.05) is 25.4 Å². The molecule has 1 N–H and O–H groups in total. The Bertz CT molecular complexity index is 549. The number of anilines is 3. The van der Waals surface area contributed by atoms with Crippen LogP contribution in [0.1, 0.15) is 11.1 Å². The Morgan fingerprint density at radius 2 is 1.89 bits per heavy atom. The average molecular weight is 241 g/mol. The van der Waals surface area contributed by atoms with E-state index in [2.05, 4.69) is 54.3 Å². The van der Waals surface area contributed by atoms with Gasteiger partial charge in [0.1, 0.15) is 5.82 Å². The molecule has 0 fully saturated rings. The summed E-state index contributed by atoms with van der Waals surface area (Å²) in [5, 5.41) is 3.06. The van der Waals surface area contributed by atoms with Crippen molar-refractivity contribution in [2.75, 3.05) is 24.3 Å². The van der Waals surface area contributed by atoms with E-state index in [-0.39, 0.29) is 0 Å². The molecule has 0 amide bonds. The minimum Gasteiger partial charge on any atom is -0.373 e. The van der Waals surface area contributed by atoms with Gasteiger partial charge in [-0.3, -0.25) is 0 Å². The number of nitrogens with zero attached hydrogens (tertiary/aromatic N) is 2. The zero-order valence-electron chi connectivity index (χ0n) is 11.4. The molecular formula is C15H19N3. The van der Waals surface area contributed by atoms with E-state index in [0.717, 1.165) is 11.5 Å². The van der Waals surface area contributed by atoms with E-state index >= 15 is 0 Å². The molecule has 3 heteroatoms. The number of pyridine rings is 1. The van der Waals surface area contributed by atoms with Gasteiger partial charge >= 0.3 is 0 Å². The van der Waals surface area contributed by atoms with Crippen LogP contribution in [-0.4, -0.2) is 19.1 Å². The van der Waals surface area contributed by atoms with Crippen molar-refractivity contribution < 1.29 is 0 Å². The highest BCUT2D eigenvalue weighted by atomic mass is 15.1. The third-order valence-electron chi connectivity index (χ3n) is 3.10. The topological polar surface area (TPSA) is 28.2 Å². The fourth-order valence-electron chi connectivity index (χ4n) is 2.09. The van der Waals surface area contributed by atoms with E-state index in [0.29, 0.717) is 0 Å². The van der Waals surface area contributed by atoms with E-state index in [4.69, 9.17) is 0 Å². The van der Waals surface area contributed by atoms with Crippen molar-refractivity contribution in [1.29, 1.82) is 0 Å². The van der Waals surface area contributed by atoms with Gasteiger partial charge in [0.25, 0.3) is 0 Å². The van der Waals surface area contributed by atoms with Gasteiger partial charge in [0.2, 0.25) is 0 Å². The predicted octanol–water partition coefficient (Wildman–Crippen LogP) is 3.51. The number of rotatable bonds is 3. The van der Waals surface area contributed by atoms with E-state index in [1.54, 1.807) is 0 Å². The Morgan fingerprint density at radius 1 is 1.11 bits per heavy atom. The van der Waals surface area contributed by atoms with Gasteiger partial charge in [-0.2, -0.15) is 0 Å². The Morgan fingerprint density at radius 3 is 2.56 bits per heavy atom. The van der Waals surface area contributed by atoms with Crippen molar-refractivity contribution >= 4 is 17.2 Å². The molecule has 0 aliphatic rings. The van der Waals surface area contributed by atoms with Crippen molar-refractivity contribution in [1.82, 2.24) is 4.98 Å². The lowest BCUT2D eigenvalue weighted by Crippen LogP contribution is -2.11. The first-order valence-corrected chi connectivity index (χ1v) is 6.06. The van der Waals surface area contributed by atoms with Gasteiger partial charge in [-0.15, -0.1) is 0 Å². The van der Waals surface area contributed by atoms with Crippen LogP contribution in [0.25, 0.3) is 0 Å². The molecule has 3 nitrogen and oxygen atoms in total. The second-order valence-electron chi connectivity index (χ2n) is 4.50. The standard InChI is InChI=1S/C15H19N3/c1-11-5-6-14(12(2)9-11)18(4)13-7-8-17-15(10-13)16-3/h5-10H,1-4H3,(H,16,17). The number of benzene rings is 1. The summed E-state index contributed by atoms with van der Waals surface area (Å²) in [6.45, 7) is 4.25. The number of nitrogens with one attached hydrogen (secondary N) is 1. The van der Waals surface area contributed by atoms with Gasteiger partial charge in [-0.25, -0.2) is 4.98 Å². The molecule has 2 rings (SSSR count). The monoisotopic (exact) mass is 241 g/mol. The van der Waals surface area contributed by atoms with Crippen LogP contribution in [0.3, 0.4) is 0 Å². The maximum atomic E-state index is 4.23. The van der Waals surface area contributed by atoms with Gasteiger partial charge in [-0.05, 0) is 31.5 Å². The largest absolute Gasteiger partial charge is 0.373 e. The maximum Gasteiger partial charge on any atom is 0.127 e. The van der Waals surface area contributed by atoms with Gasteiger partial charge < -0.3 is 10.2 Å². The zero-order valence-corrected chi connectivity index (χ0v) is 11.4. The molecule has 94 valence electrons. The Hall–Kier alpha value is -2.03. The van der Waals surface area contributed by atoms with E-state index in [9.17, 15) is 0 Å². The quantitative estimate of drug-likeness (QED) is 0.891. The molecule has 0 aliphatic carbocycles. The molecule has 0 bridgehead atoms. The summed E-state index contributed by atoms with van der Waals surface area (Å²) in [4.78, 5) is 6.41. The van der Waals surface area contributed by atoms with Crippen LogP contribution in [0, 0.1) is 13.8 Å². The van der Waals surface area contributed by atoms with Crippen LogP contribution in [0.5, 0.6) is 0 Å². The summed E-state index contributed by atoms with van der Waals surface area (Å²) in [7, 11) is 3.95. The fraction of sp³-hybridized carbons (Fsp3) is 0.267. The van der Waals surface area contributed by atoms with Gasteiger partial charge in [-0.1, -0.05) is 17.7 Å². The van der Waals surface area contributed by atoms with Crippen molar-refractivity contribution in [2.24, 2.45) is 0 Å². The molecular weight excluding hydrogens is 222 g/mol. The second-order valence-corrected chi connectivity index (χ2v) is 4.50. The molecule has 0 unspecified atom stereocenters. The van der Waals surface area contributed by atoms with Crippen LogP contribution in [-0.2, 0) is 0 Å². The van der Waals surface area contributed by atoms with Crippen molar-refractivity contribution in [3.8, 4) is 0 Å². The molecule has 1 heterocycles. The van der Waals surface area contributed by atoms with Crippen LogP contribution in [0.2, 0.25) is 0 Å². The second kappa shape index (κ2) is 5.08. The zero-order chi connectivity index (χ0) is 13.1. The molecule has 2 aromatic rings. The minimum atomic E-state index is 0.879. The van der Waals surface area contributed by atoms with Crippen molar-refractivity contribution in [2.45, 2.75) is 13.8 Å². The van der Waals surface area contributed by atoms with Gasteiger partial charge in [0.15, 0.2) is 0 Å². The van der Waals surface area contributed by atoms with E-state index in [1.165, 1.54) is 16.8 Å². The average Bonchev–Trinajstić information content (AvgIpc) is 2.38. The summed E-state index contributed by atoms with van der Waals surface area (Å²) in [6, 6.07) is 10.6. The molecule has 0 spiro atoms. The number of hydrogen-bond acceptors (Lipinski definition) is 3. The lowest BCUT2D eigenvalue weighted by atomic mass is 10.1. The molecule has 0 atom stereocenters. The minimum absolute atomic E-state index is 0.879. The SMILES string of the molecule is CNc1cc(N(C)c2ccc(C)cc2C)ccn1. The van der Waals surface area contributed by atoms with Gasteiger partial charge in [0, 0.05) is 37.7 Å². The summed E-state index contributed by atoms with van der Waals surface area (Å²) in [5.41, 5.74) is 4.91. The van der Waals surface area contributed by atoms with Crippen molar-refractivity contribution in [3.05, 3.63) is 47.7 Å². The molecule has 0 aliphatic heterocycles. The maximum absolute atomic E-state index is 4.23. The van der Waals surface area contributed by atoms with Crippen LogP contribution in [0.4, 0.5) is 17.2 Å². The third-order valence-corrected chi connectivity index (χ3v) is 3.10. The van der Waals surface area contributed by atoms with Crippen LogP contribution < -0.4 is 10.2 Å². The first kappa shape index (κ1) is 12.4. The Kier molecular flexibility index (Phi) is 3.51. The summed E-state index contributed by atoms with van der Waals surface area (Å²) >= 11 is 0. The number of hydrogen-bond donors (Lipinski definition) is 1. The molecule has 0 radical (unpaired) electrons. The number of aromatic nitrogens is 1. The summed E-state index contributed by atoms with van der Waals surface area (Å²) < 4.78 is 0. The molecule has 1 aromatic carbocycles. The van der Waals surface area contributed by atoms with Gasteiger partial charge in [0.05, 0.1) is 0 Å². The molecule has 1 aromatic heterocycles. The highest BCUT2D eigenvalue weighted by Gasteiger charge is 2.07.